The van der Waals surface area contributed by atoms with Gasteiger partial charge in [0.05, 0.1) is 6.20 Å². The lowest BCUT2D eigenvalue weighted by atomic mass is 10.4. The number of nitrogens with zero attached hydrogens (tertiary/aromatic N) is 3. The first-order chi connectivity index (χ1) is 6.43. The van der Waals surface area contributed by atoms with Gasteiger partial charge in [0.25, 0.3) is 0 Å². The highest BCUT2D eigenvalue weighted by Gasteiger charge is 2.12. The molecule has 0 aliphatic carbocycles. The van der Waals surface area contributed by atoms with E-state index in [1.807, 2.05) is 0 Å². The van der Waals surface area contributed by atoms with Crippen LogP contribution in [0.3, 0.4) is 0 Å². The van der Waals surface area contributed by atoms with Gasteiger partial charge in [-0.3, -0.25) is 5.41 Å². The SMILES string of the molecule is CN(C)c1cn(O)c(=N)c(C(=O)O)n1. The number of aromatic carboxylic acids is 1. The van der Waals surface area contributed by atoms with Gasteiger partial charge < -0.3 is 15.2 Å². The molecule has 3 N–H and O–H groups in total. The van der Waals surface area contributed by atoms with Crippen molar-refractivity contribution in [3.05, 3.63) is 17.4 Å². The molecule has 1 aromatic rings. The lowest BCUT2D eigenvalue weighted by molar-refractivity contribution is 0.0678. The van der Waals surface area contributed by atoms with Crippen LogP contribution in [-0.4, -0.2) is 40.1 Å². The summed E-state index contributed by atoms with van der Waals surface area (Å²) in [6, 6.07) is 0. The maximum absolute atomic E-state index is 10.6. The minimum absolute atomic E-state index is 0.265. The third kappa shape index (κ3) is 1.65. The summed E-state index contributed by atoms with van der Waals surface area (Å²) in [5.41, 5.74) is -1.04. The fourth-order valence-corrected chi connectivity index (χ4v) is 0.843. The molecule has 0 radical (unpaired) electrons. The van der Waals surface area contributed by atoms with Gasteiger partial charge in [0.1, 0.15) is 5.82 Å². The molecule has 1 heterocycles. The minimum Gasteiger partial charge on any atom is -0.476 e. The Labute approximate surface area is 79.3 Å². The molecule has 1 rings (SSSR count). The Morgan fingerprint density at radius 2 is 2.21 bits per heavy atom. The van der Waals surface area contributed by atoms with Crippen LogP contribution in [-0.2, 0) is 0 Å². The monoisotopic (exact) mass is 198 g/mol. The minimum atomic E-state index is -1.35. The van der Waals surface area contributed by atoms with Gasteiger partial charge in [-0.2, -0.15) is 4.73 Å². The quantitative estimate of drug-likeness (QED) is 0.549. The van der Waals surface area contributed by atoms with Crippen molar-refractivity contribution in [2.24, 2.45) is 0 Å². The molecule has 0 bridgehead atoms. The molecule has 0 spiro atoms. The van der Waals surface area contributed by atoms with Crippen LogP contribution in [0.25, 0.3) is 0 Å². The van der Waals surface area contributed by atoms with E-state index in [2.05, 4.69) is 4.98 Å². The van der Waals surface area contributed by atoms with E-state index in [1.165, 1.54) is 4.90 Å². The summed E-state index contributed by atoms with van der Waals surface area (Å²) >= 11 is 0. The van der Waals surface area contributed by atoms with Gasteiger partial charge in [0.15, 0.2) is 11.2 Å². The van der Waals surface area contributed by atoms with Crippen molar-refractivity contribution in [1.82, 2.24) is 9.71 Å². The molecule has 7 nitrogen and oxygen atoms in total. The van der Waals surface area contributed by atoms with Gasteiger partial charge in [0.2, 0.25) is 0 Å². The van der Waals surface area contributed by atoms with Crippen molar-refractivity contribution in [2.75, 3.05) is 19.0 Å². The fraction of sp³-hybridized carbons (Fsp3) is 0.286. The van der Waals surface area contributed by atoms with E-state index in [1.54, 1.807) is 14.1 Å². The summed E-state index contributed by atoms with van der Waals surface area (Å²) in [6.45, 7) is 0. The average molecular weight is 198 g/mol. The molecule has 0 aliphatic heterocycles. The standard InChI is InChI=1S/C7H10N4O3/c1-10(2)4-3-11(14)6(8)5(9-4)7(12)13/h3,8,14H,1-2H3,(H,12,13). The number of rotatable bonds is 2. The number of aromatic nitrogens is 2. The number of nitrogens with one attached hydrogen (secondary N) is 1. The molecule has 0 amide bonds. The zero-order valence-electron chi connectivity index (χ0n) is 7.72. The highest BCUT2D eigenvalue weighted by Crippen LogP contribution is 2.03. The van der Waals surface area contributed by atoms with Crippen LogP contribution in [0.15, 0.2) is 6.20 Å². The number of carboxylic acid groups (broad SMARTS) is 1. The summed E-state index contributed by atoms with van der Waals surface area (Å²) in [5, 5.41) is 25.1. The number of anilines is 1. The van der Waals surface area contributed by atoms with Crippen LogP contribution in [0, 0.1) is 5.41 Å². The van der Waals surface area contributed by atoms with Crippen molar-refractivity contribution in [3.63, 3.8) is 0 Å². The molecule has 0 fully saturated rings. The highest BCUT2D eigenvalue weighted by molar-refractivity contribution is 5.85. The van der Waals surface area contributed by atoms with E-state index in [-0.39, 0.29) is 5.82 Å². The van der Waals surface area contributed by atoms with E-state index < -0.39 is 17.2 Å². The molecule has 0 unspecified atom stereocenters. The maximum atomic E-state index is 10.6. The van der Waals surface area contributed by atoms with Crippen LogP contribution in [0.2, 0.25) is 0 Å². The summed E-state index contributed by atoms with van der Waals surface area (Å²) in [4.78, 5) is 15.8. The van der Waals surface area contributed by atoms with Gasteiger partial charge in [-0.1, -0.05) is 0 Å². The number of hydrogen-bond acceptors (Lipinski definition) is 5. The molecule has 0 aromatic carbocycles. The van der Waals surface area contributed by atoms with Crippen molar-refractivity contribution in [2.45, 2.75) is 0 Å². The van der Waals surface area contributed by atoms with E-state index in [0.29, 0.717) is 4.73 Å². The molecule has 1 aromatic heterocycles. The largest absolute Gasteiger partial charge is 0.476 e. The Balaban J connectivity index is 3.43. The predicted molar refractivity (Wildman–Crippen MR) is 46.6 cm³/mol. The van der Waals surface area contributed by atoms with E-state index in [4.69, 9.17) is 10.5 Å². The third-order valence-electron chi connectivity index (χ3n) is 1.58. The van der Waals surface area contributed by atoms with E-state index >= 15 is 0 Å². The second kappa shape index (κ2) is 3.36. The lowest BCUT2D eigenvalue weighted by Gasteiger charge is -2.12. The van der Waals surface area contributed by atoms with E-state index in [0.717, 1.165) is 6.20 Å². The Bertz CT molecular complexity index is 423. The second-order valence-corrected chi connectivity index (χ2v) is 2.84. The average Bonchev–Trinajstić information content (AvgIpc) is 2.08. The maximum Gasteiger partial charge on any atom is 0.358 e. The van der Waals surface area contributed by atoms with Crippen molar-refractivity contribution in [3.8, 4) is 0 Å². The molecule has 14 heavy (non-hydrogen) atoms. The van der Waals surface area contributed by atoms with Gasteiger partial charge in [0, 0.05) is 14.1 Å². The summed E-state index contributed by atoms with van der Waals surface area (Å²) in [7, 11) is 3.30. The third-order valence-corrected chi connectivity index (χ3v) is 1.58. The summed E-state index contributed by atoms with van der Waals surface area (Å²) in [5.74, 6) is -1.08. The lowest BCUT2D eigenvalue weighted by Crippen LogP contribution is -2.28. The molecule has 0 saturated carbocycles. The Morgan fingerprint density at radius 1 is 1.64 bits per heavy atom. The topological polar surface area (TPSA) is 102 Å². The number of hydrogen-bond donors (Lipinski definition) is 3. The summed E-state index contributed by atoms with van der Waals surface area (Å²) < 4.78 is 0.422. The van der Waals surface area contributed by atoms with Crippen LogP contribution in [0.5, 0.6) is 0 Å². The molecular weight excluding hydrogens is 188 g/mol. The molecule has 76 valence electrons. The highest BCUT2D eigenvalue weighted by atomic mass is 16.5. The molecule has 0 aliphatic rings. The first-order valence-corrected chi connectivity index (χ1v) is 3.71. The van der Waals surface area contributed by atoms with Crippen LogP contribution in [0.1, 0.15) is 10.5 Å². The van der Waals surface area contributed by atoms with Crippen LogP contribution < -0.4 is 10.4 Å². The van der Waals surface area contributed by atoms with E-state index in [9.17, 15) is 10.0 Å². The molecule has 0 atom stereocenters. The first kappa shape index (κ1) is 10.0. The first-order valence-electron chi connectivity index (χ1n) is 3.71. The van der Waals surface area contributed by atoms with Crippen molar-refractivity contribution < 1.29 is 15.1 Å². The van der Waals surface area contributed by atoms with Gasteiger partial charge in [-0.15, -0.1) is 0 Å². The second-order valence-electron chi connectivity index (χ2n) is 2.84. The Kier molecular flexibility index (Phi) is 2.41. The van der Waals surface area contributed by atoms with Gasteiger partial charge in [-0.05, 0) is 0 Å². The van der Waals surface area contributed by atoms with Gasteiger partial charge >= 0.3 is 5.97 Å². The van der Waals surface area contributed by atoms with Crippen LogP contribution in [0.4, 0.5) is 5.82 Å². The number of carbonyl (C=O) groups is 1. The predicted octanol–water partition coefficient (Wildman–Crippen LogP) is -0.636. The fourth-order valence-electron chi connectivity index (χ4n) is 0.843. The van der Waals surface area contributed by atoms with Gasteiger partial charge in [-0.25, -0.2) is 9.78 Å². The molecular formula is C7H10N4O3. The molecule has 7 heteroatoms. The zero-order chi connectivity index (χ0) is 10.9. The van der Waals surface area contributed by atoms with Crippen LogP contribution >= 0.6 is 0 Å². The normalized spacial score (nSPS) is 9.86. The number of carboxylic acids is 1. The Morgan fingerprint density at radius 3 is 2.64 bits per heavy atom. The van der Waals surface area contributed by atoms with Crippen molar-refractivity contribution in [1.29, 1.82) is 5.41 Å². The smallest absolute Gasteiger partial charge is 0.358 e. The summed E-state index contributed by atoms with van der Waals surface area (Å²) in [6.07, 6.45) is 1.16. The Hall–Kier alpha value is -2.05. The van der Waals surface area contributed by atoms with Crippen molar-refractivity contribution >= 4 is 11.8 Å². The molecule has 0 saturated heterocycles. The zero-order valence-corrected chi connectivity index (χ0v) is 7.72.